The summed E-state index contributed by atoms with van der Waals surface area (Å²) in [6.07, 6.45) is 9.40. The largest absolute Gasteiger partial charge is 0.381 e. The van der Waals surface area contributed by atoms with E-state index in [0.717, 1.165) is 38.1 Å². The molecule has 1 N–H and O–H groups in total. The monoisotopic (exact) mass is 227 g/mol. The molecule has 0 bridgehead atoms. The van der Waals surface area contributed by atoms with Crippen molar-refractivity contribution in [1.29, 1.82) is 0 Å². The first-order chi connectivity index (χ1) is 7.79. The minimum Gasteiger partial charge on any atom is -0.381 e. The highest BCUT2D eigenvalue weighted by Gasteiger charge is 2.11. The second-order valence-electron chi connectivity index (χ2n) is 5.44. The standard InChI is InChI=1S/C14H29NO/c1-13(2)9-12-16-11-6-10-15-14-7-4-3-5-8-14/h13-15H,3-12H2,1-2H3. The van der Waals surface area contributed by atoms with Gasteiger partial charge >= 0.3 is 0 Å². The van der Waals surface area contributed by atoms with Crippen LogP contribution in [0.2, 0.25) is 0 Å². The number of ether oxygens (including phenoxy) is 1. The highest BCUT2D eigenvalue weighted by Crippen LogP contribution is 2.17. The Morgan fingerprint density at radius 1 is 1.12 bits per heavy atom. The van der Waals surface area contributed by atoms with E-state index in [0.29, 0.717) is 0 Å². The van der Waals surface area contributed by atoms with Crippen LogP contribution in [0, 0.1) is 5.92 Å². The van der Waals surface area contributed by atoms with E-state index in [-0.39, 0.29) is 0 Å². The van der Waals surface area contributed by atoms with E-state index in [2.05, 4.69) is 19.2 Å². The van der Waals surface area contributed by atoms with Gasteiger partial charge in [-0.3, -0.25) is 0 Å². The van der Waals surface area contributed by atoms with Crippen molar-refractivity contribution < 1.29 is 4.74 Å². The maximum Gasteiger partial charge on any atom is 0.0478 e. The summed E-state index contributed by atoms with van der Waals surface area (Å²) in [6, 6.07) is 0.796. The fourth-order valence-corrected chi connectivity index (χ4v) is 2.21. The fraction of sp³-hybridized carbons (Fsp3) is 1.00. The molecule has 1 aliphatic rings. The Morgan fingerprint density at radius 2 is 1.88 bits per heavy atom. The number of hydrogen-bond acceptors (Lipinski definition) is 2. The lowest BCUT2D eigenvalue weighted by Gasteiger charge is -2.22. The minimum absolute atomic E-state index is 0.764. The van der Waals surface area contributed by atoms with Crippen molar-refractivity contribution in [2.45, 2.75) is 64.8 Å². The molecule has 1 fully saturated rings. The summed E-state index contributed by atoms with van der Waals surface area (Å²) >= 11 is 0. The number of hydrogen-bond donors (Lipinski definition) is 1. The third kappa shape index (κ3) is 7.24. The summed E-state index contributed by atoms with van der Waals surface area (Å²) in [5, 5.41) is 3.64. The maximum absolute atomic E-state index is 5.59. The molecule has 0 unspecified atom stereocenters. The first-order valence-electron chi connectivity index (χ1n) is 7.10. The molecule has 0 heterocycles. The van der Waals surface area contributed by atoms with Crippen LogP contribution >= 0.6 is 0 Å². The van der Waals surface area contributed by atoms with E-state index in [1.165, 1.54) is 38.5 Å². The summed E-state index contributed by atoms with van der Waals surface area (Å²) < 4.78 is 5.59. The second-order valence-corrected chi connectivity index (χ2v) is 5.44. The predicted molar refractivity (Wildman–Crippen MR) is 69.8 cm³/mol. The van der Waals surface area contributed by atoms with Gasteiger partial charge in [0.1, 0.15) is 0 Å². The molecule has 96 valence electrons. The molecule has 0 spiro atoms. The van der Waals surface area contributed by atoms with Crippen molar-refractivity contribution in [3.63, 3.8) is 0 Å². The molecule has 0 saturated heterocycles. The van der Waals surface area contributed by atoms with Crippen molar-refractivity contribution >= 4 is 0 Å². The normalized spacial score (nSPS) is 18.2. The van der Waals surface area contributed by atoms with E-state index in [9.17, 15) is 0 Å². The van der Waals surface area contributed by atoms with Crippen LogP contribution in [0.1, 0.15) is 58.8 Å². The highest BCUT2D eigenvalue weighted by molar-refractivity contribution is 4.71. The van der Waals surface area contributed by atoms with Crippen LogP contribution in [0.4, 0.5) is 0 Å². The number of nitrogens with one attached hydrogen (secondary N) is 1. The second kappa shape index (κ2) is 9.00. The summed E-state index contributed by atoms with van der Waals surface area (Å²) in [7, 11) is 0. The van der Waals surface area contributed by atoms with E-state index >= 15 is 0 Å². The van der Waals surface area contributed by atoms with Gasteiger partial charge in [-0.15, -0.1) is 0 Å². The highest BCUT2D eigenvalue weighted by atomic mass is 16.5. The first kappa shape index (κ1) is 14.0. The van der Waals surface area contributed by atoms with Crippen LogP contribution in [0.5, 0.6) is 0 Å². The quantitative estimate of drug-likeness (QED) is 0.642. The van der Waals surface area contributed by atoms with Gasteiger partial charge in [-0.2, -0.15) is 0 Å². The van der Waals surface area contributed by atoms with Crippen LogP contribution in [0.15, 0.2) is 0 Å². The van der Waals surface area contributed by atoms with E-state index in [4.69, 9.17) is 4.74 Å². The molecule has 0 aromatic rings. The van der Waals surface area contributed by atoms with E-state index < -0.39 is 0 Å². The summed E-state index contributed by atoms with van der Waals surface area (Å²) in [5.41, 5.74) is 0. The zero-order valence-electron chi connectivity index (χ0n) is 11.1. The molecular weight excluding hydrogens is 198 g/mol. The molecule has 1 aliphatic carbocycles. The van der Waals surface area contributed by atoms with Crippen LogP contribution in [0.3, 0.4) is 0 Å². The van der Waals surface area contributed by atoms with Gasteiger partial charge < -0.3 is 10.1 Å². The molecule has 1 rings (SSSR count). The van der Waals surface area contributed by atoms with E-state index in [1.54, 1.807) is 0 Å². The van der Waals surface area contributed by atoms with Crippen LogP contribution in [0.25, 0.3) is 0 Å². The molecule has 1 saturated carbocycles. The Bertz CT molecular complexity index is 153. The van der Waals surface area contributed by atoms with Crippen molar-refractivity contribution in [1.82, 2.24) is 5.32 Å². The molecule has 0 amide bonds. The molecule has 0 atom stereocenters. The van der Waals surface area contributed by atoms with Gasteiger partial charge in [0.2, 0.25) is 0 Å². The first-order valence-corrected chi connectivity index (χ1v) is 7.10. The zero-order chi connectivity index (χ0) is 11.6. The average molecular weight is 227 g/mol. The Kier molecular flexibility index (Phi) is 7.87. The Morgan fingerprint density at radius 3 is 2.56 bits per heavy atom. The van der Waals surface area contributed by atoms with Gasteiger partial charge in [0, 0.05) is 19.3 Å². The van der Waals surface area contributed by atoms with Gasteiger partial charge in [0.15, 0.2) is 0 Å². The number of rotatable bonds is 8. The molecule has 2 heteroatoms. The Balaban J connectivity index is 1.80. The average Bonchev–Trinajstić information content (AvgIpc) is 2.29. The van der Waals surface area contributed by atoms with Crippen molar-refractivity contribution in [3.05, 3.63) is 0 Å². The van der Waals surface area contributed by atoms with Gasteiger partial charge in [0.05, 0.1) is 0 Å². The third-order valence-electron chi connectivity index (χ3n) is 3.34. The topological polar surface area (TPSA) is 21.3 Å². The molecule has 2 nitrogen and oxygen atoms in total. The van der Waals surface area contributed by atoms with Gasteiger partial charge in [-0.1, -0.05) is 33.1 Å². The fourth-order valence-electron chi connectivity index (χ4n) is 2.21. The molecule has 0 aromatic carbocycles. The Labute approximate surface area is 101 Å². The Hall–Kier alpha value is -0.0800. The lowest BCUT2D eigenvalue weighted by atomic mass is 9.95. The lowest BCUT2D eigenvalue weighted by molar-refractivity contribution is 0.120. The van der Waals surface area contributed by atoms with Gasteiger partial charge in [-0.25, -0.2) is 0 Å². The van der Waals surface area contributed by atoms with Crippen LogP contribution in [-0.2, 0) is 4.74 Å². The SMILES string of the molecule is CC(C)CCOCCCNC1CCCCC1. The van der Waals surface area contributed by atoms with Gasteiger partial charge in [0.25, 0.3) is 0 Å². The minimum atomic E-state index is 0.764. The summed E-state index contributed by atoms with van der Waals surface area (Å²) in [6.45, 7) is 7.47. The lowest BCUT2D eigenvalue weighted by Crippen LogP contribution is -2.32. The summed E-state index contributed by atoms with van der Waals surface area (Å²) in [5.74, 6) is 0.764. The van der Waals surface area contributed by atoms with Gasteiger partial charge in [-0.05, 0) is 38.1 Å². The van der Waals surface area contributed by atoms with Crippen molar-refractivity contribution in [2.24, 2.45) is 5.92 Å². The molecular formula is C14H29NO. The summed E-state index contributed by atoms with van der Waals surface area (Å²) in [4.78, 5) is 0. The molecule has 0 aromatic heterocycles. The van der Waals surface area contributed by atoms with Crippen LogP contribution < -0.4 is 5.32 Å². The van der Waals surface area contributed by atoms with Crippen LogP contribution in [-0.4, -0.2) is 25.8 Å². The third-order valence-corrected chi connectivity index (χ3v) is 3.34. The van der Waals surface area contributed by atoms with Crippen molar-refractivity contribution in [2.75, 3.05) is 19.8 Å². The predicted octanol–water partition coefficient (Wildman–Crippen LogP) is 3.36. The van der Waals surface area contributed by atoms with E-state index in [1.807, 2.05) is 0 Å². The smallest absolute Gasteiger partial charge is 0.0478 e. The molecule has 0 radical (unpaired) electrons. The molecule has 0 aliphatic heterocycles. The van der Waals surface area contributed by atoms with Crippen molar-refractivity contribution in [3.8, 4) is 0 Å². The maximum atomic E-state index is 5.59. The zero-order valence-corrected chi connectivity index (χ0v) is 11.1. The molecule has 16 heavy (non-hydrogen) atoms.